The number of carbonyl (C=O) groups excluding carboxylic acids is 3. The molecular weight excluding hydrogens is 686 g/mol. The largest absolute Gasteiger partial charge is 0.358 e. The first-order valence-electron chi connectivity index (χ1n) is 16.6. The van der Waals surface area contributed by atoms with Crippen LogP contribution in [-0.2, 0) is 27.3 Å². The lowest BCUT2D eigenvalue weighted by atomic mass is 10.00. The number of nitrogens with zero attached hydrogens (tertiary/aromatic N) is 3. The Morgan fingerprint density at radius 1 is 1.14 bits per heavy atom. The SMILES string of the molecule is C=C\C=N/C=C\C(Cl)=C1\Sc2ncccc2CN[C@@H](CCCN)C(=O)N[C@@H](CN)C(=O)N(C)[C@@H](Cc2c(C)[nH]c3ccccc23)C(=O)NCC1=C. The quantitative estimate of drug-likeness (QED) is 0.181. The molecule has 270 valence electrons. The first-order chi connectivity index (χ1) is 24.6. The number of hydrogen-bond donors (Lipinski definition) is 6. The number of aliphatic imine (C=N–C) groups is 1. The van der Waals surface area contributed by atoms with Gasteiger partial charge in [0, 0.05) is 73.2 Å². The zero-order chi connectivity index (χ0) is 36.9. The molecule has 0 fully saturated rings. The average molecular weight is 732 g/mol. The van der Waals surface area contributed by atoms with Crippen molar-refractivity contribution in [2.75, 3.05) is 26.7 Å². The summed E-state index contributed by atoms with van der Waals surface area (Å²) >= 11 is 8.14. The van der Waals surface area contributed by atoms with E-state index in [1.165, 1.54) is 29.1 Å². The summed E-state index contributed by atoms with van der Waals surface area (Å²) in [6.07, 6.45) is 9.06. The summed E-state index contributed by atoms with van der Waals surface area (Å²) in [4.78, 5) is 56.0. The van der Waals surface area contributed by atoms with Crippen molar-refractivity contribution in [2.45, 2.75) is 55.9 Å². The molecule has 3 amide bonds. The van der Waals surface area contributed by atoms with E-state index in [9.17, 15) is 14.4 Å². The summed E-state index contributed by atoms with van der Waals surface area (Å²) < 4.78 is 0. The maximum absolute atomic E-state index is 14.2. The monoisotopic (exact) mass is 731 g/mol. The number of allylic oxidation sites excluding steroid dienone is 3. The van der Waals surface area contributed by atoms with E-state index in [0.29, 0.717) is 39.9 Å². The summed E-state index contributed by atoms with van der Waals surface area (Å²) in [7, 11) is 1.55. The van der Waals surface area contributed by atoms with E-state index in [0.717, 1.165) is 27.7 Å². The number of para-hydroxylation sites is 1. The third kappa shape index (κ3) is 10.3. The number of amides is 3. The van der Waals surface area contributed by atoms with Crippen LogP contribution in [0.15, 0.2) is 99.6 Å². The lowest BCUT2D eigenvalue weighted by Crippen LogP contribution is -2.59. The van der Waals surface area contributed by atoms with Crippen LogP contribution in [0.3, 0.4) is 0 Å². The van der Waals surface area contributed by atoms with Gasteiger partial charge in [-0.25, -0.2) is 4.98 Å². The molecule has 2 aromatic heterocycles. The fourth-order valence-electron chi connectivity index (χ4n) is 5.69. The number of likely N-dealkylation sites (N-methyl/N-ethyl adjacent to an activating group) is 1. The minimum absolute atomic E-state index is 0.0190. The smallest absolute Gasteiger partial charge is 0.246 e. The van der Waals surface area contributed by atoms with Crippen LogP contribution in [-0.4, -0.2) is 83.6 Å². The van der Waals surface area contributed by atoms with Crippen molar-refractivity contribution in [2.24, 2.45) is 16.5 Å². The van der Waals surface area contributed by atoms with E-state index < -0.39 is 35.8 Å². The average Bonchev–Trinajstić information content (AvgIpc) is 3.45. The molecule has 0 radical (unpaired) electrons. The number of benzene rings is 1. The molecule has 0 spiro atoms. The highest BCUT2D eigenvalue weighted by molar-refractivity contribution is 8.03. The molecule has 0 unspecified atom stereocenters. The van der Waals surface area contributed by atoms with Gasteiger partial charge in [0.2, 0.25) is 17.7 Å². The van der Waals surface area contributed by atoms with Crippen molar-refractivity contribution in [3.63, 3.8) is 0 Å². The number of aryl methyl sites for hydroxylation is 1. The number of H-pyrrole nitrogens is 1. The van der Waals surface area contributed by atoms with Crippen LogP contribution in [0.4, 0.5) is 0 Å². The predicted octanol–water partition coefficient (Wildman–Crippen LogP) is 3.58. The van der Waals surface area contributed by atoms with Crippen LogP contribution < -0.4 is 27.4 Å². The van der Waals surface area contributed by atoms with Gasteiger partial charge < -0.3 is 37.3 Å². The van der Waals surface area contributed by atoms with Gasteiger partial charge in [-0.15, -0.1) is 0 Å². The molecule has 8 N–H and O–H groups in total. The van der Waals surface area contributed by atoms with Gasteiger partial charge >= 0.3 is 0 Å². The third-order valence-electron chi connectivity index (χ3n) is 8.51. The summed E-state index contributed by atoms with van der Waals surface area (Å²) in [5.74, 6) is -1.32. The minimum Gasteiger partial charge on any atom is -0.358 e. The Hall–Kier alpha value is -4.53. The lowest BCUT2D eigenvalue weighted by molar-refractivity contribution is -0.141. The van der Waals surface area contributed by atoms with Crippen molar-refractivity contribution in [3.05, 3.63) is 106 Å². The number of pyridine rings is 1. The number of fused-ring (bicyclic) bond motifs is 2. The number of rotatable bonds is 9. The Kier molecular flexibility index (Phi) is 14.8. The maximum atomic E-state index is 14.2. The third-order valence-corrected chi connectivity index (χ3v) is 10.2. The Morgan fingerprint density at radius 3 is 2.67 bits per heavy atom. The zero-order valence-corrected chi connectivity index (χ0v) is 30.5. The Balaban J connectivity index is 1.80. The van der Waals surface area contributed by atoms with E-state index in [4.69, 9.17) is 23.1 Å². The van der Waals surface area contributed by atoms with E-state index >= 15 is 0 Å². The molecule has 14 heteroatoms. The lowest BCUT2D eigenvalue weighted by Gasteiger charge is -2.31. The zero-order valence-electron chi connectivity index (χ0n) is 29.0. The predicted molar refractivity (Wildman–Crippen MR) is 206 cm³/mol. The maximum Gasteiger partial charge on any atom is 0.246 e. The number of thioether (sulfide) groups is 1. The molecule has 51 heavy (non-hydrogen) atoms. The van der Waals surface area contributed by atoms with Crippen LogP contribution in [0.1, 0.15) is 29.7 Å². The molecular formula is C37H46ClN9O3S. The highest BCUT2D eigenvalue weighted by Gasteiger charge is 2.34. The Labute approximate surface area is 307 Å². The fraction of sp³-hybridized carbons (Fsp3) is 0.324. The molecule has 3 aromatic rings. The molecule has 3 heterocycles. The van der Waals surface area contributed by atoms with Crippen molar-refractivity contribution < 1.29 is 14.4 Å². The minimum atomic E-state index is -1.08. The molecule has 1 aromatic carbocycles. The van der Waals surface area contributed by atoms with Crippen molar-refractivity contribution in [1.82, 2.24) is 30.8 Å². The second-order valence-corrected chi connectivity index (χ2v) is 13.4. The Morgan fingerprint density at radius 2 is 1.92 bits per heavy atom. The van der Waals surface area contributed by atoms with Gasteiger partial charge in [0.15, 0.2) is 0 Å². The summed E-state index contributed by atoms with van der Waals surface area (Å²) in [6.45, 7) is 10.3. The van der Waals surface area contributed by atoms with Crippen molar-refractivity contribution in [3.8, 4) is 0 Å². The van der Waals surface area contributed by atoms with Crippen molar-refractivity contribution in [1.29, 1.82) is 0 Å². The second kappa shape index (κ2) is 19.2. The van der Waals surface area contributed by atoms with Crippen LogP contribution in [0.2, 0.25) is 0 Å². The second-order valence-electron chi connectivity index (χ2n) is 12.0. The summed E-state index contributed by atoms with van der Waals surface area (Å²) in [5.41, 5.74) is 15.9. The first kappa shape index (κ1) is 39.3. The topological polar surface area (TPSA) is 184 Å². The molecule has 12 nitrogen and oxygen atoms in total. The van der Waals surface area contributed by atoms with Gasteiger partial charge in [-0.2, -0.15) is 0 Å². The van der Waals surface area contributed by atoms with E-state index in [1.807, 2.05) is 37.3 Å². The van der Waals surface area contributed by atoms with Gasteiger partial charge in [-0.3, -0.25) is 19.4 Å². The number of aromatic amines is 1. The number of carbonyl (C=O) groups is 3. The van der Waals surface area contributed by atoms with Crippen LogP contribution in [0, 0.1) is 6.92 Å². The number of nitrogens with one attached hydrogen (secondary N) is 4. The van der Waals surface area contributed by atoms with Gasteiger partial charge in [-0.1, -0.05) is 66.9 Å². The molecule has 0 saturated heterocycles. The van der Waals surface area contributed by atoms with Crippen LogP contribution >= 0.6 is 23.4 Å². The van der Waals surface area contributed by atoms with E-state index in [1.54, 1.807) is 31.5 Å². The number of hydrogen-bond acceptors (Lipinski definition) is 9. The molecule has 1 aliphatic rings. The van der Waals surface area contributed by atoms with Gasteiger partial charge in [0.1, 0.15) is 17.1 Å². The van der Waals surface area contributed by atoms with Gasteiger partial charge in [0.25, 0.3) is 0 Å². The molecule has 0 bridgehead atoms. The highest BCUT2D eigenvalue weighted by atomic mass is 35.5. The normalized spacial score (nSPS) is 21.1. The molecule has 4 rings (SSSR count). The number of aromatic nitrogens is 2. The fourth-order valence-corrected chi connectivity index (χ4v) is 6.96. The number of nitrogens with two attached hydrogens (primary N) is 2. The van der Waals surface area contributed by atoms with Gasteiger partial charge in [-0.05, 0) is 61.2 Å². The molecule has 0 aliphatic carbocycles. The number of halogens is 1. The highest BCUT2D eigenvalue weighted by Crippen LogP contribution is 2.36. The molecule has 0 saturated carbocycles. The Bertz CT molecular complexity index is 1840. The van der Waals surface area contributed by atoms with E-state index in [2.05, 4.69) is 44.1 Å². The van der Waals surface area contributed by atoms with Gasteiger partial charge in [0.05, 0.1) is 11.1 Å². The molecule has 3 atom stereocenters. The van der Waals surface area contributed by atoms with Crippen LogP contribution in [0.25, 0.3) is 10.9 Å². The standard InChI is InChI=1S/C37H46ClN9O3S/c1-5-16-41-18-14-28(38)33-23(2)21-44-35(49)32(19-27-24(3)45-29-12-7-6-11-26(27)29)47(4)37(50)31(20-40)46-34(48)30(13-8-15-39)43-22-25-10-9-17-42-36(25)51-33/h5-7,9-12,14,16-18,30-32,43,45H,1-2,8,13,15,19-22,39-40H2,3-4H3,(H,44,49)(H,46,48)/b18-14-,33-28-,41-16-/t30-,31-,32-/m0/s1. The van der Waals surface area contributed by atoms with Crippen molar-refractivity contribution >= 4 is 58.2 Å². The first-order valence-corrected chi connectivity index (χ1v) is 17.8. The molecule has 1 aliphatic heterocycles. The summed E-state index contributed by atoms with van der Waals surface area (Å²) in [6, 6.07) is 8.74. The van der Waals surface area contributed by atoms with E-state index in [-0.39, 0.29) is 26.1 Å². The van der Waals surface area contributed by atoms with Crippen LogP contribution in [0.5, 0.6) is 0 Å². The summed E-state index contributed by atoms with van der Waals surface area (Å²) in [5, 5.41) is 11.0.